The molecule has 4 aromatic carbocycles. The van der Waals surface area contributed by atoms with Crippen LogP contribution in [0.25, 0.3) is 44.2 Å². The van der Waals surface area contributed by atoms with Crippen molar-refractivity contribution in [2.24, 2.45) is 17.8 Å². The highest BCUT2D eigenvalue weighted by atomic mass is 16.5. The number of H-pyrrole nitrogens is 2. The summed E-state index contributed by atoms with van der Waals surface area (Å²) in [4.78, 5) is 60.0. The number of nitrogens with zero attached hydrogens (tertiary/aromatic N) is 4. The number of aromatic nitrogens is 4. The second-order valence-corrected chi connectivity index (χ2v) is 17.8. The molecular weight excluding hydrogens is 813 g/mol. The van der Waals surface area contributed by atoms with Crippen molar-refractivity contribution in [1.29, 1.82) is 0 Å². The van der Waals surface area contributed by atoms with Crippen LogP contribution in [0.15, 0.2) is 79.0 Å². The van der Waals surface area contributed by atoms with Gasteiger partial charge in [0.2, 0.25) is 5.91 Å². The summed E-state index contributed by atoms with van der Waals surface area (Å²) >= 11 is 0. The van der Waals surface area contributed by atoms with E-state index < -0.39 is 18.2 Å². The molecule has 334 valence electrons. The van der Waals surface area contributed by atoms with Gasteiger partial charge in [0.05, 0.1) is 61.9 Å². The number of methoxy groups -OCH3 is 3. The van der Waals surface area contributed by atoms with Crippen molar-refractivity contribution >= 4 is 39.9 Å². The molecule has 3 aliphatic heterocycles. The molecule has 3 amide bonds. The molecule has 6 atom stereocenters. The van der Waals surface area contributed by atoms with Gasteiger partial charge in [-0.15, -0.1) is 0 Å². The number of amides is 3. The molecule has 0 saturated carbocycles. The number of hydrogen-bond acceptors (Lipinski definition) is 10. The Kier molecular flexibility index (Phi) is 12.0. The first-order valence-corrected chi connectivity index (χ1v) is 22.1. The average Bonchev–Trinajstić information content (AvgIpc) is 4.13. The van der Waals surface area contributed by atoms with Crippen LogP contribution in [0.3, 0.4) is 0 Å². The first-order chi connectivity index (χ1) is 31.0. The molecule has 9 rings (SSSR count). The van der Waals surface area contributed by atoms with Crippen molar-refractivity contribution in [3.8, 4) is 28.1 Å². The Labute approximate surface area is 372 Å². The smallest absolute Gasteiger partial charge is 0.407 e. The number of carbonyl (C=O) groups excluding carboxylic acids is 3. The zero-order chi connectivity index (χ0) is 44.6. The normalized spacial score (nSPS) is 20.5. The Balaban J connectivity index is 0.964. The minimum atomic E-state index is -0.717. The molecule has 15 heteroatoms. The fourth-order valence-electron chi connectivity index (χ4n) is 9.91. The minimum absolute atomic E-state index is 0.00605. The van der Waals surface area contributed by atoms with Crippen molar-refractivity contribution in [3.63, 3.8) is 0 Å². The molecule has 0 bridgehead atoms. The van der Waals surface area contributed by atoms with E-state index in [0.29, 0.717) is 32.2 Å². The first kappa shape index (κ1) is 42.8. The quantitative estimate of drug-likeness (QED) is 0.0942. The summed E-state index contributed by atoms with van der Waals surface area (Å²) in [6.45, 7) is 8.94. The molecule has 5 heterocycles. The van der Waals surface area contributed by atoms with Gasteiger partial charge in [0.1, 0.15) is 30.0 Å². The lowest BCUT2D eigenvalue weighted by atomic mass is 9.92. The average molecular weight is 869 g/mol. The topological polar surface area (TPSA) is 176 Å². The van der Waals surface area contributed by atoms with E-state index in [4.69, 9.17) is 28.9 Å². The van der Waals surface area contributed by atoms with Crippen molar-refractivity contribution < 1.29 is 33.3 Å². The Hall–Kier alpha value is -6.45. The van der Waals surface area contributed by atoms with Crippen LogP contribution in [-0.2, 0) is 25.6 Å². The van der Waals surface area contributed by atoms with Gasteiger partial charge in [0.25, 0.3) is 0 Å². The Morgan fingerprint density at radius 1 is 0.875 bits per heavy atom. The maximum absolute atomic E-state index is 13.9. The number of alkyl carbamates (subject to hydrolysis) is 2. The van der Waals surface area contributed by atoms with Gasteiger partial charge in [0.15, 0.2) is 0 Å². The van der Waals surface area contributed by atoms with E-state index in [2.05, 4.69) is 68.8 Å². The predicted molar refractivity (Wildman–Crippen MR) is 242 cm³/mol. The fourth-order valence-corrected chi connectivity index (χ4v) is 9.91. The lowest BCUT2D eigenvalue weighted by Gasteiger charge is -2.30. The Morgan fingerprint density at radius 2 is 1.67 bits per heavy atom. The maximum atomic E-state index is 13.9. The Bertz CT molecular complexity index is 2680. The highest BCUT2D eigenvalue weighted by Gasteiger charge is 2.41. The maximum Gasteiger partial charge on any atom is 0.407 e. The number of nitrogens with one attached hydrogen (secondary N) is 4. The van der Waals surface area contributed by atoms with E-state index in [1.165, 1.54) is 14.2 Å². The van der Waals surface area contributed by atoms with E-state index in [-0.39, 0.29) is 35.9 Å². The number of hydrogen-bond donors (Lipinski definition) is 4. The van der Waals surface area contributed by atoms with Gasteiger partial charge in [0, 0.05) is 37.7 Å². The van der Waals surface area contributed by atoms with Crippen LogP contribution in [0.4, 0.5) is 9.59 Å². The summed E-state index contributed by atoms with van der Waals surface area (Å²) in [5.41, 5.74) is 7.83. The van der Waals surface area contributed by atoms with E-state index in [1.54, 1.807) is 7.11 Å². The van der Waals surface area contributed by atoms with E-state index in [0.717, 1.165) is 92.1 Å². The number of fused-ring (bicyclic) bond motifs is 6. The predicted octanol–water partition coefficient (Wildman–Crippen LogP) is 8.06. The highest BCUT2D eigenvalue weighted by Crippen LogP contribution is 2.44. The van der Waals surface area contributed by atoms with Gasteiger partial charge < -0.3 is 44.4 Å². The third-order valence-electron chi connectivity index (χ3n) is 13.1. The summed E-state index contributed by atoms with van der Waals surface area (Å²) in [6.07, 6.45) is 2.42. The lowest BCUT2D eigenvalue weighted by Crippen LogP contribution is -2.51. The summed E-state index contributed by atoms with van der Waals surface area (Å²) in [5.74, 6) is 2.67. The van der Waals surface area contributed by atoms with E-state index in [1.807, 2.05) is 61.3 Å². The third-order valence-corrected chi connectivity index (χ3v) is 13.1. The molecule has 3 aliphatic rings. The summed E-state index contributed by atoms with van der Waals surface area (Å²) < 4.78 is 21.9. The molecule has 0 unspecified atom stereocenters. The molecule has 2 fully saturated rings. The summed E-state index contributed by atoms with van der Waals surface area (Å²) in [6, 6.07) is 23.6. The van der Waals surface area contributed by atoms with Crippen molar-refractivity contribution in [1.82, 2.24) is 40.4 Å². The van der Waals surface area contributed by atoms with E-state index in [9.17, 15) is 14.4 Å². The van der Waals surface area contributed by atoms with Gasteiger partial charge >= 0.3 is 12.2 Å². The van der Waals surface area contributed by atoms with Crippen LogP contribution in [0.2, 0.25) is 0 Å². The molecule has 0 aliphatic carbocycles. The largest absolute Gasteiger partial charge is 0.488 e. The number of aromatic amines is 2. The van der Waals surface area contributed by atoms with Crippen LogP contribution in [0, 0.1) is 17.8 Å². The van der Waals surface area contributed by atoms with Crippen molar-refractivity contribution in [2.75, 3.05) is 47.6 Å². The Morgan fingerprint density at radius 3 is 2.44 bits per heavy atom. The lowest BCUT2D eigenvalue weighted by molar-refractivity contribution is -0.135. The zero-order valence-corrected chi connectivity index (χ0v) is 37.1. The van der Waals surface area contributed by atoms with Gasteiger partial charge in [-0.3, -0.25) is 9.69 Å². The van der Waals surface area contributed by atoms with Crippen LogP contribution in [0.1, 0.15) is 74.5 Å². The van der Waals surface area contributed by atoms with Crippen LogP contribution in [0.5, 0.6) is 5.75 Å². The molecule has 2 saturated heterocycles. The second-order valence-electron chi connectivity index (χ2n) is 17.8. The molecule has 2 aromatic heterocycles. The van der Waals surface area contributed by atoms with Crippen LogP contribution >= 0.6 is 0 Å². The number of imidazole rings is 2. The molecule has 15 nitrogen and oxygen atoms in total. The third kappa shape index (κ3) is 8.37. The van der Waals surface area contributed by atoms with Crippen molar-refractivity contribution in [2.45, 2.75) is 64.4 Å². The summed E-state index contributed by atoms with van der Waals surface area (Å²) in [7, 11) is 4.41. The molecule has 4 N–H and O–H groups in total. The van der Waals surface area contributed by atoms with Gasteiger partial charge in [-0.25, -0.2) is 19.6 Å². The number of benzene rings is 4. The zero-order valence-electron chi connectivity index (χ0n) is 37.1. The van der Waals surface area contributed by atoms with Gasteiger partial charge in [-0.2, -0.15) is 0 Å². The SMILES string of the molecule is COC[C@H]1C[C@@H](c2ncc(-c3ccc4c(c3)COc3cc5c(ccc6[nH]c([C@@H]7C[C@H](C)CN7C(=O)[C@@H](NC(=O)OC)C(C)C)nc65)cc3-4)[nH]2)N(C[C@H](NC(=O)OC)c2ccccc2)C1. The van der Waals surface area contributed by atoms with Gasteiger partial charge in [-0.05, 0) is 82.5 Å². The molecule has 64 heavy (non-hydrogen) atoms. The highest BCUT2D eigenvalue weighted by molar-refractivity contribution is 6.07. The summed E-state index contributed by atoms with van der Waals surface area (Å²) in [5, 5.41) is 7.77. The molecule has 0 spiro atoms. The second kappa shape index (κ2) is 18.0. The van der Waals surface area contributed by atoms with Crippen LogP contribution < -0.4 is 15.4 Å². The number of likely N-dealkylation sites (tertiary alicyclic amines) is 2. The monoisotopic (exact) mass is 868 g/mol. The van der Waals surface area contributed by atoms with Crippen LogP contribution in [-0.4, -0.2) is 101 Å². The number of carbonyl (C=O) groups is 3. The minimum Gasteiger partial charge on any atom is -0.488 e. The molecule has 0 radical (unpaired) electrons. The van der Waals surface area contributed by atoms with Crippen molar-refractivity contribution in [3.05, 3.63) is 102 Å². The standard InChI is InChI=1S/C49H56N8O7/c1-27(2)43(55-49(60)63-6)47(58)57-22-28(3)16-41(57)46-51-37-15-13-31-19-36-34-14-12-32(18-33(34)26-64-42(36)20-35(31)44(37)54-46)38-21-50-45(52-38)40-17-29(25-61-4)23-56(40)24-39(53-48(59)62-5)30-10-8-7-9-11-30/h7-15,18-21,27-29,39-41,43H,16-17,22-26H2,1-6H3,(H,50,52)(H,51,54)(H,53,59)(H,55,60)/t28-,29-,39-,40-,41-,43-/m0/s1. The van der Waals surface area contributed by atoms with E-state index >= 15 is 0 Å². The number of rotatable bonds is 12. The molecule has 6 aromatic rings. The number of ether oxygens (including phenoxy) is 4. The molecular formula is C49H56N8O7. The first-order valence-electron chi connectivity index (χ1n) is 22.1. The van der Waals surface area contributed by atoms with Gasteiger partial charge in [-0.1, -0.05) is 69.3 Å². The fraction of sp³-hybridized carbons (Fsp3) is 0.408.